The molecular formula is C13H24N2O2. The van der Waals surface area contributed by atoms with Crippen LogP contribution in [0.15, 0.2) is 0 Å². The van der Waals surface area contributed by atoms with Crippen molar-refractivity contribution in [3.63, 3.8) is 0 Å². The first kappa shape index (κ1) is 12.8. The molecule has 0 radical (unpaired) electrons. The monoisotopic (exact) mass is 240 g/mol. The van der Waals surface area contributed by atoms with E-state index >= 15 is 0 Å². The summed E-state index contributed by atoms with van der Waals surface area (Å²) in [6, 6.07) is 0. The van der Waals surface area contributed by atoms with Gasteiger partial charge in [0.2, 0.25) is 5.91 Å². The molecule has 1 spiro atoms. The fourth-order valence-electron chi connectivity index (χ4n) is 2.73. The Morgan fingerprint density at radius 1 is 1.29 bits per heavy atom. The third-order valence-corrected chi connectivity index (χ3v) is 3.80. The molecule has 0 aromatic rings. The average molecular weight is 240 g/mol. The van der Waals surface area contributed by atoms with Gasteiger partial charge in [-0.15, -0.1) is 0 Å². The zero-order valence-electron chi connectivity index (χ0n) is 11.2. The largest absolute Gasteiger partial charge is 0.363 e. The Bertz CT molecular complexity index is 288. The highest BCUT2D eigenvalue weighted by molar-refractivity contribution is 5.79. The molecule has 2 saturated heterocycles. The van der Waals surface area contributed by atoms with Gasteiger partial charge in [-0.25, -0.2) is 0 Å². The Balaban J connectivity index is 2.13. The summed E-state index contributed by atoms with van der Waals surface area (Å²) in [4.78, 5) is 13.9. The summed E-state index contributed by atoms with van der Waals surface area (Å²) in [5.41, 5.74) is -0.210. The minimum Gasteiger partial charge on any atom is -0.363 e. The zero-order chi connectivity index (χ0) is 12.5. The molecule has 2 rings (SSSR count). The van der Waals surface area contributed by atoms with Crippen LogP contribution in [0.1, 0.15) is 40.0 Å². The number of morpholine rings is 1. The van der Waals surface area contributed by atoms with Gasteiger partial charge in [-0.1, -0.05) is 0 Å². The van der Waals surface area contributed by atoms with Gasteiger partial charge in [0.25, 0.3) is 0 Å². The van der Waals surface area contributed by atoms with E-state index in [9.17, 15) is 4.79 Å². The molecule has 4 heteroatoms. The van der Waals surface area contributed by atoms with Gasteiger partial charge in [0.15, 0.2) is 0 Å². The minimum absolute atomic E-state index is 0.104. The smallest absolute Gasteiger partial charge is 0.249 e. The number of hydrogen-bond acceptors (Lipinski definition) is 3. The maximum atomic E-state index is 11.9. The Kier molecular flexibility index (Phi) is 3.46. The molecule has 1 unspecified atom stereocenters. The van der Waals surface area contributed by atoms with E-state index in [0.29, 0.717) is 0 Å². The second-order valence-electron chi connectivity index (χ2n) is 6.23. The van der Waals surface area contributed by atoms with Crippen molar-refractivity contribution < 1.29 is 9.53 Å². The average Bonchev–Trinajstić information content (AvgIpc) is 2.47. The Labute approximate surface area is 104 Å². The lowest BCUT2D eigenvalue weighted by Crippen LogP contribution is -2.60. The Hall–Kier alpha value is -0.610. The van der Waals surface area contributed by atoms with Gasteiger partial charge in [0.05, 0.1) is 12.1 Å². The van der Waals surface area contributed by atoms with Gasteiger partial charge < -0.3 is 15.0 Å². The molecule has 1 atom stereocenters. The molecule has 0 saturated carbocycles. The third kappa shape index (κ3) is 2.80. The van der Waals surface area contributed by atoms with Crippen molar-refractivity contribution in [2.75, 3.05) is 26.2 Å². The summed E-state index contributed by atoms with van der Waals surface area (Å²) in [6.07, 6.45) is 3.19. The van der Waals surface area contributed by atoms with E-state index in [1.165, 1.54) is 0 Å². The normalized spacial score (nSPS) is 31.7. The summed E-state index contributed by atoms with van der Waals surface area (Å²) in [7, 11) is 0. The van der Waals surface area contributed by atoms with E-state index in [4.69, 9.17) is 4.74 Å². The summed E-state index contributed by atoms with van der Waals surface area (Å²) in [5.74, 6) is 0.125. The minimum atomic E-state index is -0.106. The van der Waals surface area contributed by atoms with Gasteiger partial charge in [0, 0.05) is 5.54 Å². The Morgan fingerprint density at radius 3 is 2.76 bits per heavy atom. The van der Waals surface area contributed by atoms with Crippen LogP contribution in [0.5, 0.6) is 0 Å². The van der Waals surface area contributed by atoms with E-state index in [1.54, 1.807) is 0 Å². The quantitative estimate of drug-likeness (QED) is 0.691. The van der Waals surface area contributed by atoms with Crippen molar-refractivity contribution in [2.45, 2.75) is 51.2 Å². The van der Waals surface area contributed by atoms with Crippen LogP contribution in [0.25, 0.3) is 0 Å². The van der Waals surface area contributed by atoms with Crippen LogP contribution >= 0.6 is 0 Å². The first-order valence-corrected chi connectivity index (χ1v) is 6.58. The zero-order valence-corrected chi connectivity index (χ0v) is 11.2. The number of carbonyl (C=O) groups is 1. The van der Waals surface area contributed by atoms with Crippen molar-refractivity contribution in [3.05, 3.63) is 0 Å². The fraction of sp³-hybridized carbons (Fsp3) is 0.923. The van der Waals surface area contributed by atoms with Crippen molar-refractivity contribution in [1.82, 2.24) is 10.2 Å². The van der Waals surface area contributed by atoms with Crippen molar-refractivity contribution in [2.24, 2.45) is 0 Å². The lowest BCUT2D eigenvalue weighted by atomic mass is 9.90. The SMILES string of the molecule is CC(C)(C)N1CC2(CCCNCC2)OCC1=O. The molecule has 1 amide bonds. The van der Waals surface area contributed by atoms with E-state index < -0.39 is 0 Å². The molecular weight excluding hydrogens is 216 g/mol. The molecule has 0 aromatic heterocycles. The molecule has 0 aliphatic carbocycles. The number of carbonyl (C=O) groups excluding carboxylic acids is 1. The van der Waals surface area contributed by atoms with E-state index in [-0.39, 0.29) is 23.7 Å². The molecule has 1 N–H and O–H groups in total. The highest BCUT2D eigenvalue weighted by Gasteiger charge is 2.43. The molecule has 0 aromatic carbocycles. The molecule has 98 valence electrons. The van der Waals surface area contributed by atoms with Crippen LogP contribution in [-0.4, -0.2) is 48.2 Å². The van der Waals surface area contributed by atoms with Gasteiger partial charge in [-0.05, 0) is 53.1 Å². The van der Waals surface area contributed by atoms with Gasteiger partial charge in [-0.2, -0.15) is 0 Å². The van der Waals surface area contributed by atoms with E-state index in [2.05, 4.69) is 26.1 Å². The molecule has 2 heterocycles. The molecule has 2 aliphatic heterocycles. The first-order valence-electron chi connectivity index (χ1n) is 6.58. The summed E-state index contributed by atoms with van der Waals surface area (Å²) in [6.45, 7) is 9.34. The predicted molar refractivity (Wildman–Crippen MR) is 66.9 cm³/mol. The van der Waals surface area contributed by atoms with Crippen LogP contribution < -0.4 is 5.32 Å². The van der Waals surface area contributed by atoms with Gasteiger partial charge in [-0.3, -0.25) is 4.79 Å². The second-order valence-corrected chi connectivity index (χ2v) is 6.23. The van der Waals surface area contributed by atoms with Crippen molar-refractivity contribution in [3.8, 4) is 0 Å². The number of nitrogens with one attached hydrogen (secondary N) is 1. The number of ether oxygens (including phenoxy) is 1. The van der Waals surface area contributed by atoms with Crippen LogP contribution in [0.3, 0.4) is 0 Å². The van der Waals surface area contributed by atoms with Crippen molar-refractivity contribution >= 4 is 5.91 Å². The lowest BCUT2D eigenvalue weighted by molar-refractivity contribution is -0.174. The number of rotatable bonds is 0. The number of hydrogen-bond donors (Lipinski definition) is 1. The second kappa shape index (κ2) is 4.58. The van der Waals surface area contributed by atoms with Gasteiger partial charge >= 0.3 is 0 Å². The summed E-state index contributed by atoms with van der Waals surface area (Å²) < 4.78 is 5.89. The van der Waals surface area contributed by atoms with E-state index in [1.807, 2.05) is 4.90 Å². The topological polar surface area (TPSA) is 41.6 Å². The van der Waals surface area contributed by atoms with Crippen molar-refractivity contribution in [1.29, 1.82) is 0 Å². The lowest BCUT2D eigenvalue weighted by Gasteiger charge is -2.47. The molecule has 2 aliphatic rings. The Morgan fingerprint density at radius 2 is 2.06 bits per heavy atom. The molecule has 4 nitrogen and oxygen atoms in total. The van der Waals surface area contributed by atoms with Crippen LogP contribution in [0.4, 0.5) is 0 Å². The van der Waals surface area contributed by atoms with E-state index in [0.717, 1.165) is 38.9 Å². The number of nitrogens with zero attached hydrogens (tertiary/aromatic N) is 1. The maximum Gasteiger partial charge on any atom is 0.249 e. The van der Waals surface area contributed by atoms with Crippen LogP contribution in [-0.2, 0) is 9.53 Å². The highest BCUT2D eigenvalue weighted by Crippen LogP contribution is 2.31. The van der Waals surface area contributed by atoms with Gasteiger partial charge in [0.1, 0.15) is 6.61 Å². The highest BCUT2D eigenvalue weighted by atomic mass is 16.5. The molecule has 0 bridgehead atoms. The molecule has 2 fully saturated rings. The van der Waals surface area contributed by atoms with Crippen LogP contribution in [0, 0.1) is 0 Å². The predicted octanol–water partition coefficient (Wildman–Crippen LogP) is 1.16. The third-order valence-electron chi connectivity index (χ3n) is 3.80. The summed E-state index contributed by atoms with van der Waals surface area (Å²) >= 11 is 0. The first-order chi connectivity index (χ1) is 7.93. The van der Waals surface area contributed by atoms with Crippen LogP contribution in [0.2, 0.25) is 0 Å². The fourth-order valence-corrected chi connectivity index (χ4v) is 2.73. The molecule has 17 heavy (non-hydrogen) atoms. The summed E-state index contributed by atoms with van der Waals surface area (Å²) in [5, 5.41) is 3.40. The standard InChI is InChI=1S/C13H24N2O2/c1-12(2,3)15-10-13(17-9-11(15)16)5-4-7-14-8-6-13/h14H,4-10H2,1-3H3. The maximum absolute atomic E-state index is 11.9. The number of amides is 1.